The van der Waals surface area contributed by atoms with Gasteiger partial charge in [-0.05, 0) is 30.7 Å². The van der Waals surface area contributed by atoms with Crippen molar-refractivity contribution in [2.45, 2.75) is 41.4 Å². The summed E-state index contributed by atoms with van der Waals surface area (Å²) in [6, 6.07) is 9.65. The molecule has 1 aromatic carbocycles. The molecule has 0 spiro atoms. The summed E-state index contributed by atoms with van der Waals surface area (Å²) in [6.45, 7) is 1.16. The summed E-state index contributed by atoms with van der Waals surface area (Å²) in [5, 5.41) is 4.67. The lowest BCUT2D eigenvalue weighted by Gasteiger charge is -2.21. The fourth-order valence-electron chi connectivity index (χ4n) is 3.13. The van der Waals surface area contributed by atoms with Crippen LogP contribution in [0.4, 0.5) is 0 Å². The second kappa shape index (κ2) is 5.89. The standard InChI is InChI=1S/C15H21NS2/c1-17-15-8-4-6-13(15)16-9-11-10-18-14-7-3-2-5-12(11)14/h2-3,5,7,11,13,15-16H,4,6,8-10H2,1H3. The number of hydrogen-bond acceptors (Lipinski definition) is 3. The second-order valence-electron chi connectivity index (χ2n) is 5.27. The van der Waals surface area contributed by atoms with Crippen LogP contribution >= 0.6 is 23.5 Å². The van der Waals surface area contributed by atoms with Gasteiger partial charge in [0.25, 0.3) is 0 Å². The van der Waals surface area contributed by atoms with E-state index in [2.05, 4.69) is 35.8 Å². The molecule has 18 heavy (non-hydrogen) atoms. The van der Waals surface area contributed by atoms with E-state index in [4.69, 9.17) is 0 Å². The molecule has 3 rings (SSSR count). The maximum Gasteiger partial charge on any atom is 0.0198 e. The van der Waals surface area contributed by atoms with Gasteiger partial charge in [-0.25, -0.2) is 0 Å². The zero-order chi connectivity index (χ0) is 12.4. The maximum absolute atomic E-state index is 3.83. The van der Waals surface area contributed by atoms with Crippen LogP contribution in [0, 0.1) is 0 Å². The molecule has 3 unspecified atom stereocenters. The zero-order valence-corrected chi connectivity index (χ0v) is 12.5. The second-order valence-corrected chi connectivity index (χ2v) is 7.40. The van der Waals surface area contributed by atoms with Crippen LogP contribution in [-0.4, -0.2) is 29.8 Å². The summed E-state index contributed by atoms with van der Waals surface area (Å²) < 4.78 is 0. The van der Waals surface area contributed by atoms with Crippen molar-refractivity contribution in [3.05, 3.63) is 29.8 Å². The molecule has 3 atom stereocenters. The van der Waals surface area contributed by atoms with Crippen molar-refractivity contribution < 1.29 is 0 Å². The molecule has 1 aliphatic heterocycles. The van der Waals surface area contributed by atoms with Gasteiger partial charge in [0.1, 0.15) is 0 Å². The van der Waals surface area contributed by atoms with Crippen molar-refractivity contribution in [2.75, 3.05) is 18.6 Å². The molecule has 0 bridgehead atoms. The summed E-state index contributed by atoms with van der Waals surface area (Å²) in [6.07, 6.45) is 6.42. The third-order valence-electron chi connectivity index (χ3n) is 4.18. The highest BCUT2D eigenvalue weighted by molar-refractivity contribution is 7.99. The maximum atomic E-state index is 3.83. The van der Waals surface area contributed by atoms with Gasteiger partial charge in [0.2, 0.25) is 0 Å². The largest absolute Gasteiger partial charge is 0.312 e. The van der Waals surface area contributed by atoms with E-state index in [0.717, 1.165) is 17.8 Å². The van der Waals surface area contributed by atoms with Crippen LogP contribution in [-0.2, 0) is 0 Å². The van der Waals surface area contributed by atoms with Crippen LogP contribution in [0.25, 0.3) is 0 Å². The number of hydrogen-bond donors (Lipinski definition) is 1. The molecule has 1 nitrogen and oxygen atoms in total. The number of fused-ring (bicyclic) bond motifs is 1. The Balaban J connectivity index is 1.58. The fourth-order valence-corrected chi connectivity index (χ4v) is 5.35. The van der Waals surface area contributed by atoms with Gasteiger partial charge in [-0.15, -0.1) is 11.8 Å². The molecule has 0 radical (unpaired) electrons. The van der Waals surface area contributed by atoms with Crippen LogP contribution in [0.2, 0.25) is 0 Å². The molecule has 1 fully saturated rings. The van der Waals surface area contributed by atoms with E-state index in [-0.39, 0.29) is 0 Å². The van der Waals surface area contributed by atoms with Crippen LogP contribution in [0.15, 0.2) is 29.2 Å². The molecule has 1 heterocycles. The topological polar surface area (TPSA) is 12.0 Å². The van der Waals surface area contributed by atoms with Crippen LogP contribution in [0.1, 0.15) is 30.7 Å². The van der Waals surface area contributed by atoms with E-state index in [9.17, 15) is 0 Å². The Bertz CT molecular complexity index is 407. The highest BCUT2D eigenvalue weighted by Crippen LogP contribution is 2.39. The first-order valence-electron chi connectivity index (χ1n) is 6.86. The third kappa shape index (κ3) is 2.59. The Morgan fingerprint density at radius 2 is 2.22 bits per heavy atom. The molecule has 1 aliphatic carbocycles. The fraction of sp³-hybridized carbons (Fsp3) is 0.600. The first-order chi connectivity index (χ1) is 8.88. The summed E-state index contributed by atoms with van der Waals surface area (Å²) >= 11 is 4.06. The number of thioether (sulfide) groups is 2. The predicted octanol–water partition coefficient (Wildman–Crippen LogP) is 3.75. The Morgan fingerprint density at radius 3 is 3.11 bits per heavy atom. The smallest absolute Gasteiger partial charge is 0.0198 e. The Labute approximate surface area is 119 Å². The van der Waals surface area contributed by atoms with Crippen molar-refractivity contribution >= 4 is 23.5 Å². The SMILES string of the molecule is CSC1CCCC1NCC1CSc2ccccc21. The van der Waals surface area contributed by atoms with Crippen LogP contribution in [0.5, 0.6) is 0 Å². The number of benzene rings is 1. The molecule has 1 aromatic rings. The van der Waals surface area contributed by atoms with E-state index in [1.165, 1.54) is 29.9 Å². The first kappa shape index (κ1) is 12.9. The van der Waals surface area contributed by atoms with Gasteiger partial charge in [-0.1, -0.05) is 24.6 Å². The first-order valence-corrected chi connectivity index (χ1v) is 9.13. The molecular weight excluding hydrogens is 258 g/mol. The van der Waals surface area contributed by atoms with E-state index >= 15 is 0 Å². The zero-order valence-electron chi connectivity index (χ0n) is 10.9. The van der Waals surface area contributed by atoms with E-state index in [1.807, 2.05) is 23.5 Å². The van der Waals surface area contributed by atoms with Crippen LogP contribution < -0.4 is 5.32 Å². The summed E-state index contributed by atoms with van der Waals surface area (Å²) in [7, 11) is 0. The highest BCUT2D eigenvalue weighted by Gasteiger charge is 2.28. The third-order valence-corrected chi connectivity index (χ3v) is 6.60. The molecular formula is C15H21NS2. The van der Waals surface area contributed by atoms with E-state index in [0.29, 0.717) is 5.92 Å². The highest BCUT2D eigenvalue weighted by atomic mass is 32.2. The minimum absolute atomic E-state index is 0.717. The van der Waals surface area contributed by atoms with Crippen molar-refractivity contribution in [3.8, 4) is 0 Å². The number of rotatable bonds is 4. The molecule has 1 N–H and O–H groups in total. The summed E-state index contributed by atoms with van der Waals surface area (Å²) in [4.78, 5) is 1.50. The van der Waals surface area contributed by atoms with Crippen molar-refractivity contribution in [3.63, 3.8) is 0 Å². The van der Waals surface area contributed by atoms with Crippen molar-refractivity contribution in [1.29, 1.82) is 0 Å². The quantitative estimate of drug-likeness (QED) is 0.901. The van der Waals surface area contributed by atoms with Crippen LogP contribution in [0.3, 0.4) is 0 Å². The molecule has 2 aliphatic rings. The molecule has 3 heteroatoms. The molecule has 98 valence electrons. The van der Waals surface area contributed by atoms with Crippen molar-refractivity contribution in [2.24, 2.45) is 0 Å². The van der Waals surface area contributed by atoms with Gasteiger partial charge < -0.3 is 5.32 Å². The van der Waals surface area contributed by atoms with Gasteiger partial charge in [0.05, 0.1) is 0 Å². The molecule has 0 saturated heterocycles. The van der Waals surface area contributed by atoms with Gasteiger partial charge in [-0.3, -0.25) is 0 Å². The lowest BCUT2D eigenvalue weighted by atomic mass is 10.0. The van der Waals surface area contributed by atoms with Gasteiger partial charge in [-0.2, -0.15) is 11.8 Å². The lowest BCUT2D eigenvalue weighted by Crippen LogP contribution is -2.36. The lowest BCUT2D eigenvalue weighted by molar-refractivity contribution is 0.509. The summed E-state index contributed by atoms with van der Waals surface area (Å²) in [5.74, 6) is 1.97. The van der Waals surface area contributed by atoms with E-state index < -0.39 is 0 Å². The van der Waals surface area contributed by atoms with Gasteiger partial charge in [0, 0.05) is 34.4 Å². The Kier molecular flexibility index (Phi) is 4.22. The number of nitrogens with one attached hydrogen (secondary N) is 1. The molecule has 0 aromatic heterocycles. The minimum atomic E-state index is 0.717. The normalized spacial score (nSPS) is 30.6. The predicted molar refractivity (Wildman–Crippen MR) is 82.9 cm³/mol. The average molecular weight is 279 g/mol. The Morgan fingerprint density at radius 1 is 1.33 bits per heavy atom. The molecule has 1 saturated carbocycles. The Hall–Kier alpha value is -0.120. The average Bonchev–Trinajstić information content (AvgIpc) is 3.02. The molecule has 0 amide bonds. The minimum Gasteiger partial charge on any atom is -0.312 e. The van der Waals surface area contributed by atoms with Crippen molar-refractivity contribution in [1.82, 2.24) is 5.32 Å². The van der Waals surface area contributed by atoms with Gasteiger partial charge in [0.15, 0.2) is 0 Å². The summed E-state index contributed by atoms with van der Waals surface area (Å²) in [5.41, 5.74) is 1.56. The van der Waals surface area contributed by atoms with E-state index in [1.54, 1.807) is 5.56 Å². The van der Waals surface area contributed by atoms with Gasteiger partial charge >= 0.3 is 0 Å². The monoisotopic (exact) mass is 279 g/mol.